The Morgan fingerprint density at radius 3 is 2.90 bits per heavy atom. The van der Waals surface area contributed by atoms with E-state index >= 15 is 0 Å². The number of fused-ring (bicyclic) bond motifs is 2. The minimum absolute atomic E-state index is 0.0634. The first-order chi connectivity index (χ1) is 10.2. The van der Waals surface area contributed by atoms with Gasteiger partial charge in [-0.05, 0) is 15.9 Å². The van der Waals surface area contributed by atoms with E-state index in [9.17, 15) is 9.70 Å². The van der Waals surface area contributed by atoms with Gasteiger partial charge in [0.05, 0.1) is 0 Å². The highest BCUT2D eigenvalue weighted by atomic mass is 16.4. The Morgan fingerprint density at radius 2 is 2.19 bits per heavy atom. The quantitative estimate of drug-likeness (QED) is 0.580. The van der Waals surface area contributed by atoms with Gasteiger partial charge in [-0.1, -0.05) is 26.7 Å². The molecule has 3 rings (SSSR count). The number of carbonyl (C=O) groups excluding carboxylic acids is 1. The molecule has 0 aliphatic carbocycles. The van der Waals surface area contributed by atoms with Crippen molar-refractivity contribution in [1.29, 1.82) is 0 Å². The van der Waals surface area contributed by atoms with Crippen LogP contribution in [0.25, 0.3) is 0 Å². The Balaban J connectivity index is 2.05. The van der Waals surface area contributed by atoms with Crippen LogP contribution in [0.5, 0.6) is 0 Å². The number of quaternary nitrogens is 1. The van der Waals surface area contributed by atoms with Gasteiger partial charge >= 0.3 is 11.7 Å². The molecule has 21 heavy (non-hydrogen) atoms. The van der Waals surface area contributed by atoms with E-state index in [0.717, 1.165) is 29.7 Å². The SMILES string of the molecule is CCCC[N+]12C(=O)C(CCC)N=C1C1=C(NCNC1)[N+]2=O. The van der Waals surface area contributed by atoms with Gasteiger partial charge in [0.25, 0.3) is 5.84 Å². The standard InChI is InChI=1S/C14H23N5O2/c1-3-5-7-19-13(17-11(6-4-2)14(19)20)10-8-15-9-16-12(10)18(19)21/h11,15-16H,3-9H2,1-2H3/q+2. The van der Waals surface area contributed by atoms with E-state index in [0.29, 0.717) is 37.8 Å². The molecule has 2 atom stereocenters. The van der Waals surface area contributed by atoms with E-state index in [2.05, 4.69) is 22.5 Å². The Bertz CT molecular complexity index is 554. The molecule has 7 heteroatoms. The molecule has 1 amide bonds. The summed E-state index contributed by atoms with van der Waals surface area (Å²) in [7, 11) is 0. The van der Waals surface area contributed by atoms with Crippen molar-refractivity contribution >= 4 is 11.7 Å². The van der Waals surface area contributed by atoms with Crippen LogP contribution in [0.2, 0.25) is 0 Å². The van der Waals surface area contributed by atoms with Gasteiger partial charge in [0.1, 0.15) is 13.2 Å². The molecule has 0 spiro atoms. The molecule has 7 nitrogen and oxygen atoms in total. The predicted molar refractivity (Wildman–Crippen MR) is 77.8 cm³/mol. The lowest BCUT2D eigenvalue weighted by atomic mass is 10.1. The Labute approximate surface area is 124 Å². The second-order valence-electron chi connectivity index (χ2n) is 5.82. The maximum absolute atomic E-state index is 12.9. The number of hydrogen-bond acceptors (Lipinski definition) is 5. The highest BCUT2D eigenvalue weighted by molar-refractivity contribution is 6.05. The fourth-order valence-electron chi connectivity index (χ4n) is 3.34. The minimum atomic E-state index is -0.366. The van der Waals surface area contributed by atoms with Crippen molar-refractivity contribution in [1.82, 2.24) is 10.6 Å². The van der Waals surface area contributed by atoms with E-state index < -0.39 is 0 Å². The summed E-state index contributed by atoms with van der Waals surface area (Å²) in [6.07, 6.45) is 3.38. The van der Waals surface area contributed by atoms with Crippen molar-refractivity contribution in [3.8, 4) is 0 Å². The molecule has 0 radical (unpaired) electrons. The van der Waals surface area contributed by atoms with Crippen molar-refractivity contribution in [2.24, 2.45) is 4.99 Å². The third kappa shape index (κ3) is 1.87. The van der Waals surface area contributed by atoms with E-state index in [1.807, 2.05) is 6.92 Å². The smallest absolute Gasteiger partial charge is 0.277 e. The highest BCUT2D eigenvalue weighted by Crippen LogP contribution is 2.36. The van der Waals surface area contributed by atoms with Crippen LogP contribution in [-0.2, 0) is 4.79 Å². The summed E-state index contributed by atoms with van der Waals surface area (Å²) >= 11 is 0. The van der Waals surface area contributed by atoms with E-state index in [4.69, 9.17) is 0 Å². The molecule has 2 N–H and O–H groups in total. The Hall–Kier alpha value is -1.60. The topological polar surface area (TPSA) is 73.6 Å². The molecule has 2 unspecified atom stereocenters. The lowest BCUT2D eigenvalue weighted by molar-refractivity contribution is -1.22. The number of amidine groups is 1. The zero-order valence-corrected chi connectivity index (χ0v) is 12.7. The van der Waals surface area contributed by atoms with Crippen LogP contribution in [0.3, 0.4) is 0 Å². The monoisotopic (exact) mass is 293 g/mol. The highest BCUT2D eigenvalue weighted by Gasteiger charge is 2.68. The molecule has 0 aromatic heterocycles. The number of aliphatic imine (C=N–C) groups is 1. The number of nitroso groups, excluding NO2 is 1. The van der Waals surface area contributed by atoms with Gasteiger partial charge in [-0.2, -0.15) is 0 Å². The Morgan fingerprint density at radius 1 is 1.38 bits per heavy atom. The van der Waals surface area contributed by atoms with Crippen LogP contribution < -0.4 is 10.6 Å². The number of nitrogens with zero attached hydrogens (tertiary/aromatic N) is 3. The number of rotatable bonds is 5. The number of carbonyl (C=O) groups is 1. The van der Waals surface area contributed by atoms with E-state index in [-0.39, 0.29) is 16.5 Å². The van der Waals surface area contributed by atoms with Crippen LogP contribution in [0.1, 0.15) is 39.5 Å². The van der Waals surface area contributed by atoms with Crippen LogP contribution in [0.4, 0.5) is 0 Å². The maximum Gasteiger partial charge on any atom is 0.389 e. The molecular weight excluding hydrogens is 270 g/mol. The summed E-state index contributed by atoms with van der Waals surface area (Å²) in [6, 6.07) is -0.366. The molecule has 3 heterocycles. The van der Waals surface area contributed by atoms with E-state index in [1.54, 1.807) is 0 Å². The minimum Gasteiger partial charge on any atom is -0.277 e. The third-order valence-electron chi connectivity index (χ3n) is 4.42. The van der Waals surface area contributed by atoms with Crippen LogP contribution >= 0.6 is 0 Å². The molecule has 0 aromatic carbocycles. The normalized spacial score (nSPS) is 31.1. The summed E-state index contributed by atoms with van der Waals surface area (Å²) in [5, 5.41) is 6.25. The lowest BCUT2D eigenvalue weighted by Gasteiger charge is -2.20. The predicted octanol–water partition coefficient (Wildman–Crippen LogP) is 0.780. The molecule has 3 aliphatic rings. The second-order valence-corrected chi connectivity index (χ2v) is 5.82. The number of unbranched alkanes of at least 4 members (excludes halogenated alkanes) is 1. The average molecular weight is 293 g/mol. The van der Waals surface area contributed by atoms with Gasteiger partial charge < -0.3 is 0 Å². The van der Waals surface area contributed by atoms with Gasteiger partial charge in [-0.25, -0.2) is 9.79 Å². The van der Waals surface area contributed by atoms with Crippen molar-refractivity contribution in [2.45, 2.75) is 45.6 Å². The van der Waals surface area contributed by atoms with Crippen molar-refractivity contribution in [3.63, 3.8) is 0 Å². The summed E-state index contributed by atoms with van der Waals surface area (Å²) < 4.78 is -0.252. The number of amides is 1. The first-order valence-electron chi connectivity index (χ1n) is 7.83. The van der Waals surface area contributed by atoms with Gasteiger partial charge in [-0.3, -0.25) is 10.6 Å². The molecule has 3 aliphatic heterocycles. The van der Waals surface area contributed by atoms with Crippen LogP contribution in [-0.4, -0.2) is 47.0 Å². The van der Waals surface area contributed by atoms with Gasteiger partial charge in [0, 0.05) is 13.0 Å². The van der Waals surface area contributed by atoms with Crippen molar-refractivity contribution in [2.75, 3.05) is 19.8 Å². The molecule has 0 aromatic rings. The molecule has 0 saturated carbocycles. The largest absolute Gasteiger partial charge is 0.389 e. The van der Waals surface area contributed by atoms with Gasteiger partial charge in [0.2, 0.25) is 0 Å². The molecule has 0 bridgehead atoms. The number of nitrogens with one attached hydrogen (secondary N) is 2. The molecular formula is C14H23N5O2+2. The summed E-state index contributed by atoms with van der Waals surface area (Å²) in [4.78, 5) is 31.3. The lowest BCUT2D eigenvalue weighted by Crippen LogP contribution is -2.58. The van der Waals surface area contributed by atoms with Crippen molar-refractivity contribution < 1.29 is 14.3 Å². The van der Waals surface area contributed by atoms with Crippen molar-refractivity contribution in [3.05, 3.63) is 16.3 Å². The third-order valence-corrected chi connectivity index (χ3v) is 4.42. The zero-order chi connectivity index (χ0) is 15.0. The van der Waals surface area contributed by atoms with Crippen LogP contribution in [0.15, 0.2) is 16.4 Å². The fraction of sp³-hybridized carbons (Fsp3) is 0.714. The average Bonchev–Trinajstić information content (AvgIpc) is 2.91. The Kier molecular flexibility index (Phi) is 3.62. The first kappa shape index (κ1) is 14.3. The fourth-order valence-corrected chi connectivity index (χ4v) is 3.34. The number of hydrogen-bond donors (Lipinski definition) is 2. The van der Waals surface area contributed by atoms with E-state index in [1.165, 1.54) is 0 Å². The summed E-state index contributed by atoms with van der Waals surface area (Å²) in [5.74, 6) is 1.12. The molecule has 114 valence electrons. The molecule has 0 saturated heterocycles. The summed E-state index contributed by atoms with van der Waals surface area (Å²) in [6.45, 7) is 5.75. The van der Waals surface area contributed by atoms with Crippen LogP contribution in [0, 0.1) is 4.91 Å². The summed E-state index contributed by atoms with van der Waals surface area (Å²) in [5.41, 5.74) is 0.860. The van der Waals surface area contributed by atoms with Gasteiger partial charge in [-0.15, -0.1) is 0 Å². The first-order valence-corrected chi connectivity index (χ1v) is 7.83. The second kappa shape index (κ2) is 5.31. The maximum atomic E-state index is 12.9. The van der Waals surface area contributed by atoms with Gasteiger partial charge in [0.15, 0.2) is 16.5 Å². The zero-order valence-electron chi connectivity index (χ0n) is 12.7. The molecule has 0 fully saturated rings.